The van der Waals surface area contributed by atoms with Crippen molar-refractivity contribution < 1.29 is 8.42 Å². The van der Waals surface area contributed by atoms with Crippen LogP contribution in [-0.2, 0) is 10.0 Å². The molecule has 0 unspecified atom stereocenters. The molecule has 2 aliphatic rings. The highest BCUT2D eigenvalue weighted by Gasteiger charge is 2.38. The molecule has 0 bridgehead atoms. The Morgan fingerprint density at radius 1 is 1.00 bits per heavy atom. The Hall–Kier alpha value is -2.47. The van der Waals surface area contributed by atoms with E-state index in [-0.39, 0.29) is 21.9 Å². The summed E-state index contributed by atoms with van der Waals surface area (Å²) >= 11 is 12.1. The van der Waals surface area contributed by atoms with Crippen molar-refractivity contribution in [3.8, 4) is 0 Å². The van der Waals surface area contributed by atoms with Crippen molar-refractivity contribution in [1.82, 2.24) is 0 Å². The minimum absolute atomic E-state index is 0.159. The van der Waals surface area contributed by atoms with E-state index in [1.807, 2.05) is 6.07 Å². The van der Waals surface area contributed by atoms with Crippen molar-refractivity contribution in [3.63, 3.8) is 0 Å². The van der Waals surface area contributed by atoms with E-state index in [2.05, 4.69) is 53.4 Å². The summed E-state index contributed by atoms with van der Waals surface area (Å²) in [6.07, 6.45) is 5.34. The average Bonchev–Trinajstić information content (AvgIpc) is 3.26. The monoisotopic (exact) mass is 484 g/mol. The highest BCUT2D eigenvalue weighted by Crippen LogP contribution is 2.50. The molecular formula is C25H22Cl2N2O2S. The zero-order valence-electron chi connectivity index (χ0n) is 17.3. The van der Waals surface area contributed by atoms with Gasteiger partial charge in [0.1, 0.15) is 0 Å². The van der Waals surface area contributed by atoms with E-state index in [4.69, 9.17) is 23.2 Å². The van der Waals surface area contributed by atoms with Crippen LogP contribution in [0.25, 0.3) is 0 Å². The Bertz CT molecular complexity index is 1320. The van der Waals surface area contributed by atoms with Crippen LogP contribution in [0.5, 0.6) is 0 Å². The molecule has 0 radical (unpaired) electrons. The van der Waals surface area contributed by atoms with E-state index in [0.717, 1.165) is 17.7 Å². The van der Waals surface area contributed by atoms with Crippen molar-refractivity contribution in [3.05, 3.63) is 99.6 Å². The molecule has 0 spiro atoms. The lowest BCUT2D eigenvalue weighted by Crippen LogP contribution is -2.29. The summed E-state index contributed by atoms with van der Waals surface area (Å²) in [6.45, 7) is 2.08. The van der Waals surface area contributed by atoms with Crippen LogP contribution >= 0.6 is 23.2 Å². The van der Waals surface area contributed by atoms with Crippen molar-refractivity contribution in [2.75, 3.05) is 10.0 Å². The van der Waals surface area contributed by atoms with E-state index in [0.29, 0.717) is 16.6 Å². The summed E-state index contributed by atoms with van der Waals surface area (Å²) in [5, 5.41) is 4.35. The van der Waals surface area contributed by atoms with Crippen molar-refractivity contribution in [2.24, 2.45) is 5.92 Å². The molecule has 2 N–H and O–H groups in total. The number of rotatable bonds is 4. The van der Waals surface area contributed by atoms with Gasteiger partial charge in [0, 0.05) is 16.6 Å². The molecule has 3 aromatic carbocycles. The van der Waals surface area contributed by atoms with E-state index in [1.165, 1.54) is 17.2 Å². The maximum absolute atomic E-state index is 13.1. The number of sulfonamides is 1. The van der Waals surface area contributed by atoms with Gasteiger partial charge < -0.3 is 5.32 Å². The van der Waals surface area contributed by atoms with Crippen LogP contribution in [0.4, 0.5) is 11.4 Å². The molecule has 3 atom stereocenters. The molecule has 4 nitrogen and oxygen atoms in total. The highest BCUT2D eigenvalue weighted by atomic mass is 35.5. The van der Waals surface area contributed by atoms with Gasteiger partial charge in [0.15, 0.2) is 0 Å². The molecule has 0 saturated carbocycles. The summed E-state index contributed by atoms with van der Waals surface area (Å²) in [4.78, 5) is 0.205. The fraction of sp³-hybridized carbons (Fsp3) is 0.200. The molecule has 7 heteroatoms. The zero-order valence-corrected chi connectivity index (χ0v) is 19.7. The predicted octanol–water partition coefficient (Wildman–Crippen LogP) is 6.93. The van der Waals surface area contributed by atoms with Gasteiger partial charge >= 0.3 is 0 Å². The Balaban J connectivity index is 1.49. The molecule has 0 amide bonds. The minimum atomic E-state index is -3.81. The van der Waals surface area contributed by atoms with E-state index in [9.17, 15) is 8.42 Å². The summed E-state index contributed by atoms with van der Waals surface area (Å²) in [5.74, 6) is 0.494. The van der Waals surface area contributed by atoms with Gasteiger partial charge in [0.05, 0.1) is 21.6 Å². The number of benzene rings is 3. The fourth-order valence-electron chi connectivity index (χ4n) is 4.62. The predicted molar refractivity (Wildman–Crippen MR) is 131 cm³/mol. The molecule has 5 rings (SSSR count). The first-order chi connectivity index (χ1) is 15.3. The number of hydrogen-bond acceptors (Lipinski definition) is 3. The number of halogens is 2. The van der Waals surface area contributed by atoms with Crippen LogP contribution in [0, 0.1) is 12.8 Å². The summed E-state index contributed by atoms with van der Waals surface area (Å²) in [7, 11) is -3.81. The Morgan fingerprint density at radius 2 is 1.78 bits per heavy atom. The molecule has 0 saturated heterocycles. The third-order valence-electron chi connectivity index (χ3n) is 6.26. The van der Waals surface area contributed by atoms with Crippen LogP contribution in [0.15, 0.2) is 77.7 Å². The third kappa shape index (κ3) is 3.90. The molecule has 32 heavy (non-hydrogen) atoms. The fourth-order valence-corrected chi connectivity index (χ4v) is 6.25. The third-order valence-corrected chi connectivity index (χ3v) is 8.17. The van der Waals surface area contributed by atoms with E-state index < -0.39 is 10.0 Å². The van der Waals surface area contributed by atoms with Gasteiger partial charge in [-0.3, -0.25) is 4.72 Å². The second-order valence-electron chi connectivity index (χ2n) is 8.36. The first kappa shape index (κ1) is 21.4. The lowest BCUT2D eigenvalue weighted by Gasteiger charge is -2.37. The maximum Gasteiger partial charge on any atom is 0.261 e. The molecular weight excluding hydrogens is 463 g/mol. The van der Waals surface area contributed by atoms with E-state index >= 15 is 0 Å². The standard InChI is InChI=1S/C25H22Cl2N2O2S/c1-15-5-7-16(8-6-15)25-20-4-2-3-19(20)21-14-18(10-12-23(21)28-25)32(30,31)29-24-11-9-17(26)13-22(24)27/h2-3,5-14,19-20,25,28-29H,4H2,1H3/t19-,20+,25+/m0/s1. The number of hydrogen-bond donors (Lipinski definition) is 2. The number of nitrogens with one attached hydrogen (secondary N) is 2. The van der Waals surface area contributed by atoms with Crippen molar-refractivity contribution in [1.29, 1.82) is 0 Å². The smallest absolute Gasteiger partial charge is 0.261 e. The Labute approximate surface area is 198 Å². The lowest BCUT2D eigenvalue weighted by atomic mass is 9.77. The average molecular weight is 485 g/mol. The molecule has 1 aliphatic carbocycles. The molecule has 1 heterocycles. The van der Waals surface area contributed by atoms with Crippen LogP contribution in [0.1, 0.15) is 35.1 Å². The van der Waals surface area contributed by atoms with Gasteiger partial charge in [-0.25, -0.2) is 8.42 Å². The maximum atomic E-state index is 13.1. The van der Waals surface area contributed by atoms with Gasteiger partial charge in [0.2, 0.25) is 0 Å². The number of aryl methyl sites for hydroxylation is 1. The second kappa shape index (κ2) is 8.14. The number of anilines is 2. The molecule has 0 fully saturated rings. The van der Waals surface area contributed by atoms with Crippen molar-refractivity contribution >= 4 is 44.6 Å². The van der Waals surface area contributed by atoms with E-state index in [1.54, 1.807) is 24.3 Å². The SMILES string of the molecule is Cc1ccc([C@H]2Nc3ccc(S(=O)(=O)Nc4ccc(Cl)cc4Cl)cc3[C@H]3C=CC[C@H]32)cc1. The summed E-state index contributed by atoms with van der Waals surface area (Å²) in [5.41, 5.74) is 4.74. The molecule has 164 valence electrons. The highest BCUT2D eigenvalue weighted by molar-refractivity contribution is 7.92. The largest absolute Gasteiger partial charge is 0.378 e. The van der Waals surface area contributed by atoms with Crippen molar-refractivity contribution in [2.45, 2.75) is 30.2 Å². The summed E-state index contributed by atoms with van der Waals surface area (Å²) in [6, 6.07) is 18.7. The Kier molecular flexibility index (Phi) is 5.44. The molecule has 1 aliphatic heterocycles. The quantitative estimate of drug-likeness (QED) is 0.394. The zero-order chi connectivity index (χ0) is 22.5. The minimum Gasteiger partial charge on any atom is -0.378 e. The van der Waals surface area contributed by atoms with Crippen LogP contribution in [0.3, 0.4) is 0 Å². The van der Waals surface area contributed by atoms with Gasteiger partial charge in [-0.2, -0.15) is 0 Å². The van der Waals surface area contributed by atoms with Gasteiger partial charge in [-0.1, -0.05) is 65.2 Å². The van der Waals surface area contributed by atoms with Gasteiger partial charge in [-0.05, 0) is 66.8 Å². The topological polar surface area (TPSA) is 58.2 Å². The molecule has 0 aromatic heterocycles. The Morgan fingerprint density at radius 3 is 2.53 bits per heavy atom. The van der Waals surface area contributed by atoms with Gasteiger partial charge in [0.25, 0.3) is 10.0 Å². The summed E-state index contributed by atoms with van der Waals surface area (Å²) < 4.78 is 28.8. The first-order valence-corrected chi connectivity index (χ1v) is 12.7. The lowest BCUT2D eigenvalue weighted by molar-refractivity contribution is 0.425. The van der Waals surface area contributed by atoms with Crippen LogP contribution in [-0.4, -0.2) is 8.42 Å². The number of fused-ring (bicyclic) bond motifs is 3. The second-order valence-corrected chi connectivity index (χ2v) is 10.9. The van der Waals surface area contributed by atoms with Crippen LogP contribution < -0.4 is 10.0 Å². The molecule has 3 aromatic rings. The van der Waals surface area contributed by atoms with Gasteiger partial charge in [-0.15, -0.1) is 0 Å². The van der Waals surface area contributed by atoms with Crippen LogP contribution in [0.2, 0.25) is 10.0 Å². The number of allylic oxidation sites excluding steroid dienone is 2. The normalized spacial score (nSPS) is 21.5. The first-order valence-electron chi connectivity index (χ1n) is 10.4.